The van der Waals surface area contributed by atoms with Crippen LogP contribution in [0.3, 0.4) is 0 Å². The number of aromatic nitrogens is 1. The molecule has 0 bridgehead atoms. The first-order valence-electron chi connectivity index (χ1n) is 24.0. The lowest BCUT2D eigenvalue weighted by molar-refractivity contribution is -0.144. The van der Waals surface area contributed by atoms with Crippen LogP contribution in [0, 0.1) is 12.3 Å². The Morgan fingerprint density at radius 3 is 2.37 bits per heavy atom. The number of halogens is 1. The molecule has 8 N–H and O–H groups in total. The lowest BCUT2D eigenvalue weighted by Gasteiger charge is -2.35. The van der Waals surface area contributed by atoms with E-state index in [-0.39, 0.29) is 74.5 Å². The van der Waals surface area contributed by atoms with Crippen LogP contribution in [0.2, 0.25) is 5.02 Å². The lowest BCUT2D eigenvalue weighted by atomic mass is 9.85. The van der Waals surface area contributed by atoms with Gasteiger partial charge in [0.2, 0.25) is 35.4 Å². The van der Waals surface area contributed by atoms with E-state index < -0.39 is 53.5 Å². The van der Waals surface area contributed by atoms with Gasteiger partial charge >= 0.3 is 0 Å². The minimum Gasteiger partial charge on any atom is -0.490 e. The van der Waals surface area contributed by atoms with Gasteiger partial charge in [-0.1, -0.05) is 81.6 Å². The van der Waals surface area contributed by atoms with Gasteiger partial charge in [-0.25, -0.2) is 4.98 Å². The van der Waals surface area contributed by atoms with Crippen LogP contribution in [0.4, 0.5) is 0 Å². The fourth-order valence-corrected chi connectivity index (χ4v) is 10.6. The number of rotatable bonds is 19. The fraction of sp³-hybridized carbons (Fsp3) is 0.580. The molecule has 18 heteroatoms. The average molecular weight is 978 g/mol. The van der Waals surface area contributed by atoms with Crippen molar-refractivity contribution in [1.29, 1.82) is 0 Å². The largest absolute Gasteiger partial charge is 0.490 e. The normalized spacial score (nSPS) is 22.1. The molecule has 0 spiro atoms. The zero-order valence-corrected chi connectivity index (χ0v) is 41.5. The molecule has 3 fully saturated rings. The fourth-order valence-electron chi connectivity index (χ4n) is 9.53. The summed E-state index contributed by atoms with van der Waals surface area (Å²) >= 11 is 8.41. The standard InChI is InChI=1S/C50H69ClN8O8S/c1-29(31-17-19-33(20-18-31)44-30(2)54-28-68-44)55-47(64)39-25-36(60)26-58(39)49(66)45(50(3,4)5)57-42(62)16-9-6-11-32-12-10-15-40(43(32)51)67-27-34(21-24-41(53)61)56-46(63)38-23-22-35-13-7-8-14-37(52)48(65)59(35)38/h10,12,15,17-20,28-29,34-39,45,60H,6-9,11,13-14,16,21-27,52H2,1-5H3,(H2,53,61)(H,55,64)(H,56,63)(H,57,62)/t29-,34-,35-,36?,37-,38-,39?,45+/m0/s1. The molecular weight excluding hydrogens is 908 g/mol. The zero-order chi connectivity index (χ0) is 49.3. The van der Waals surface area contributed by atoms with E-state index in [0.717, 1.165) is 52.9 Å². The third kappa shape index (κ3) is 13.4. The van der Waals surface area contributed by atoms with Gasteiger partial charge in [-0.3, -0.25) is 28.8 Å². The van der Waals surface area contributed by atoms with Gasteiger partial charge in [0, 0.05) is 31.8 Å². The topological polar surface area (TPSA) is 239 Å². The van der Waals surface area contributed by atoms with Crippen LogP contribution >= 0.6 is 22.9 Å². The molecule has 2 aromatic carbocycles. The van der Waals surface area contributed by atoms with Crippen molar-refractivity contribution in [3.63, 3.8) is 0 Å². The van der Waals surface area contributed by atoms with Gasteiger partial charge in [0.1, 0.15) is 30.5 Å². The first-order chi connectivity index (χ1) is 32.3. The molecule has 2 unspecified atom stereocenters. The van der Waals surface area contributed by atoms with E-state index in [1.807, 2.05) is 70.5 Å². The van der Waals surface area contributed by atoms with E-state index in [9.17, 15) is 33.9 Å². The molecule has 4 heterocycles. The van der Waals surface area contributed by atoms with Crippen LogP contribution < -0.4 is 32.2 Å². The summed E-state index contributed by atoms with van der Waals surface area (Å²) in [4.78, 5) is 88.5. The van der Waals surface area contributed by atoms with Crippen LogP contribution in [0.5, 0.6) is 5.75 Å². The Balaban J connectivity index is 0.997. The van der Waals surface area contributed by atoms with E-state index >= 15 is 0 Å². The molecule has 16 nitrogen and oxygen atoms in total. The van der Waals surface area contributed by atoms with E-state index in [1.165, 1.54) is 4.90 Å². The number of amides is 6. The van der Waals surface area contributed by atoms with E-state index in [0.29, 0.717) is 42.9 Å². The minimum absolute atomic E-state index is 0.00370. The van der Waals surface area contributed by atoms with Gasteiger partial charge in [-0.05, 0) is 93.4 Å². The summed E-state index contributed by atoms with van der Waals surface area (Å²) in [6, 6.07) is 9.16. The summed E-state index contributed by atoms with van der Waals surface area (Å²) in [5.74, 6) is -1.77. The van der Waals surface area contributed by atoms with Crippen molar-refractivity contribution in [3.05, 3.63) is 69.8 Å². The predicted octanol–water partition coefficient (Wildman–Crippen LogP) is 5.24. The van der Waals surface area contributed by atoms with Gasteiger partial charge in [0.05, 0.1) is 45.3 Å². The number of benzene rings is 2. The molecule has 1 aromatic heterocycles. The van der Waals surface area contributed by atoms with Crippen molar-refractivity contribution >= 4 is 58.4 Å². The third-order valence-electron chi connectivity index (χ3n) is 13.4. The molecule has 6 amide bonds. The highest BCUT2D eigenvalue weighted by molar-refractivity contribution is 7.13. The lowest BCUT2D eigenvalue weighted by Crippen LogP contribution is -2.57. The highest BCUT2D eigenvalue weighted by Crippen LogP contribution is 2.34. The van der Waals surface area contributed by atoms with Crippen LogP contribution in [-0.4, -0.2) is 111 Å². The number of primary amides is 1. The second kappa shape index (κ2) is 23.5. The van der Waals surface area contributed by atoms with Crippen LogP contribution in [0.1, 0.15) is 128 Å². The number of aliphatic hydroxyl groups excluding tert-OH is 1. The van der Waals surface area contributed by atoms with E-state index in [1.54, 1.807) is 28.4 Å². The van der Waals surface area contributed by atoms with Crippen molar-refractivity contribution in [2.45, 2.75) is 166 Å². The SMILES string of the molecule is Cc1ncsc1-c1ccc([C@H](C)NC(=O)C2CC(O)CN2C(=O)[C@@H](NC(=O)CCCCc2cccc(OC[C@H](CCC(N)=O)NC(=O)[C@@H]3CC[C@@H]4CCCC[C@H](N)C(=O)N43)c2Cl)C(C)(C)C)cc1. The quantitative estimate of drug-likeness (QED) is 0.0854. The molecular formula is C50H69ClN8O8S. The van der Waals surface area contributed by atoms with E-state index in [2.05, 4.69) is 20.9 Å². The van der Waals surface area contributed by atoms with Gasteiger partial charge in [-0.2, -0.15) is 0 Å². The third-order valence-corrected chi connectivity index (χ3v) is 14.8. The number of unbranched alkanes of at least 4 members (excludes halogenated alkanes) is 1. The van der Waals surface area contributed by atoms with Crippen LogP contribution in [0.25, 0.3) is 10.4 Å². The smallest absolute Gasteiger partial charge is 0.246 e. The van der Waals surface area contributed by atoms with Crippen molar-refractivity contribution < 1.29 is 38.6 Å². The number of fused-ring (bicyclic) bond motifs is 1. The minimum atomic E-state index is -0.953. The number of hydrogen-bond donors (Lipinski definition) is 6. The molecule has 370 valence electrons. The maximum atomic E-state index is 14.2. The monoisotopic (exact) mass is 976 g/mol. The van der Waals surface area contributed by atoms with Gasteiger partial charge < -0.3 is 47.1 Å². The van der Waals surface area contributed by atoms with Gasteiger partial charge in [-0.15, -0.1) is 11.3 Å². The highest BCUT2D eigenvalue weighted by atomic mass is 35.5. The van der Waals surface area contributed by atoms with Crippen molar-refractivity contribution in [2.75, 3.05) is 13.2 Å². The molecule has 0 saturated carbocycles. The maximum Gasteiger partial charge on any atom is 0.246 e. The number of thiazole rings is 1. The molecule has 3 aliphatic rings. The zero-order valence-electron chi connectivity index (χ0n) is 39.9. The van der Waals surface area contributed by atoms with Gasteiger partial charge in [0.25, 0.3) is 0 Å². The number of β-amino-alcohol motifs (C(OH)–C–C–N with tert-alkyl or cyclic N) is 1. The Bertz CT molecular complexity index is 2270. The Morgan fingerprint density at radius 1 is 0.956 bits per heavy atom. The second-order valence-electron chi connectivity index (χ2n) is 19.7. The molecule has 0 aliphatic carbocycles. The summed E-state index contributed by atoms with van der Waals surface area (Å²) in [6.07, 6.45) is 5.68. The Morgan fingerprint density at radius 2 is 1.68 bits per heavy atom. The molecule has 8 atom stereocenters. The van der Waals surface area contributed by atoms with Crippen molar-refractivity contribution in [1.82, 2.24) is 30.7 Å². The molecule has 3 aliphatic heterocycles. The summed E-state index contributed by atoms with van der Waals surface area (Å²) in [5.41, 5.74) is 16.4. The summed E-state index contributed by atoms with van der Waals surface area (Å²) in [7, 11) is 0. The number of likely N-dealkylation sites (tertiary alicyclic amines) is 1. The highest BCUT2D eigenvalue weighted by Gasteiger charge is 2.45. The average Bonchev–Trinajstić information content (AvgIpc) is 4.04. The van der Waals surface area contributed by atoms with Gasteiger partial charge in [0.15, 0.2) is 0 Å². The summed E-state index contributed by atoms with van der Waals surface area (Å²) in [5, 5.41) is 20.1. The maximum absolute atomic E-state index is 14.2. The number of nitrogens with one attached hydrogen (secondary N) is 3. The second-order valence-corrected chi connectivity index (χ2v) is 21.0. The molecule has 3 saturated heterocycles. The number of nitrogens with two attached hydrogens (primary N) is 2. The number of aryl methyl sites for hydroxylation is 2. The Hall–Kier alpha value is -5.10. The number of ether oxygens (including phenoxy) is 1. The Labute approximate surface area is 408 Å². The van der Waals surface area contributed by atoms with Crippen LogP contribution in [-0.2, 0) is 35.2 Å². The van der Waals surface area contributed by atoms with Crippen LogP contribution in [0.15, 0.2) is 48.0 Å². The molecule has 3 aromatic rings. The molecule has 68 heavy (non-hydrogen) atoms. The Kier molecular flexibility index (Phi) is 18.0. The van der Waals surface area contributed by atoms with Crippen molar-refractivity contribution in [3.8, 4) is 16.2 Å². The van der Waals surface area contributed by atoms with Crippen molar-refractivity contribution in [2.24, 2.45) is 16.9 Å². The first-order valence-corrected chi connectivity index (χ1v) is 25.2. The number of carbonyl (C=O) groups excluding carboxylic acids is 6. The first kappa shape index (κ1) is 52.3. The number of carbonyl (C=O) groups is 6. The predicted molar refractivity (Wildman–Crippen MR) is 261 cm³/mol. The number of hydrogen-bond acceptors (Lipinski definition) is 11. The molecule has 0 radical (unpaired) electrons. The number of nitrogens with zero attached hydrogens (tertiary/aromatic N) is 3. The number of aliphatic hydroxyl groups is 1. The molecule has 6 rings (SSSR count). The van der Waals surface area contributed by atoms with E-state index in [4.69, 9.17) is 27.8 Å². The summed E-state index contributed by atoms with van der Waals surface area (Å²) < 4.78 is 6.15. The summed E-state index contributed by atoms with van der Waals surface area (Å²) in [6.45, 7) is 9.36.